The Morgan fingerprint density at radius 1 is 1.13 bits per heavy atom. The Morgan fingerprint density at radius 3 is 2.54 bits per heavy atom. The van der Waals surface area contributed by atoms with Gasteiger partial charge in [0.05, 0.1) is 29.9 Å². The quantitative estimate of drug-likeness (QED) is 0.345. The topological polar surface area (TPSA) is 105 Å². The summed E-state index contributed by atoms with van der Waals surface area (Å²) in [6, 6.07) is 18.8. The molecule has 3 heterocycles. The van der Waals surface area contributed by atoms with Crippen molar-refractivity contribution in [1.29, 1.82) is 5.26 Å². The van der Waals surface area contributed by atoms with Gasteiger partial charge in [0.15, 0.2) is 0 Å². The Bertz CT molecular complexity index is 1580. The molecule has 4 aromatic rings. The normalized spacial score (nSPS) is 13.7. The molecule has 0 atom stereocenters. The average molecular weight is 544 g/mol. The molecule has 0 bridgehead atoms. The van der Waals surface area contributed by atoms with Crippen LogP contribution in [0.5, 0.6) is 5.75 Å². The van der Waals surface area contributed by atoms with Crippen LogP contribution >= 0.6 is 11.6 Å². The van der Waals surface area contributed by atoms with Crippen LogP contribution in [0, 0.1) is 11.3 Å². The van der Waals surface area contributed by atoms with E-state index < -0.39 is 0 Å². The van der Waals surface area contributed by atoms with Crippen molar-refractivity contribution < 1.29 is 13.9 Å². The molecule has 198 valence electrons. The van der Waals surface area contributed by atoms with Crippen LogP contribution in [0.25, 0.3) is 11.1 Å². The lowest BCUT2D eigenvalue weighted by atomic mass is 9.99. The molecule has 2 aromatic heterocycles. The van der Waals surface area contributed by atoms with Crippen LogP contribution in [-0.4, -0.2) is 51.7 Å². The highest BCUT2D eigenvalue weighted by atomic mass is 35.5. The first kappa shape index (κ1) is 26.2. The van der Waals surface area contributed by atoms with Crippen LogP contribution in [0.1, 0.15) is 27.2 Å². The third kappa shape index (κ3) is 5.87. The number of nitriles is 1. The molecule has 0 unspecified atom stereocenters. The number of nitrogens with zero attached hydrogens (tertiary/aromatic N) is 5. The van der Waals surface area contributed by atoms with E-state index in [1.165, 1.54) is 23.2 Å². The lowest BCUT2D eigenvalue weighted by Gasteiger charge is -2.34. The van der Waals surface area contributed by atoms with E-state index in [2.05, 4.69) is 16.1 Å². The molecule has 0 N–H and O–H groups in total. The van der Waals surface area contributed by atoms with Gasteiger partial charge in [-0.2, -0.15) is 10.4 Å². The van der Waals surface area contributed by atoms with Crippen molar-refractivity contribution in [3.63, 3.8) is 0 Å². The maximum atomic E-state index is 12.7. The van der Waals surface area contributed by atoms with Crippen LogP contribution in [0.3, 0.4) is 0 Å². The molecule has 1 amide bonds. The highest BCUT2D eigenvalue weighted by molar-refractivity contribution is 6.32. The maximum Gasteiger partial charge on any atom is 0.258 e. The summed E-state index contributed by atoms with van der Waals surface area (Å²) < 4.78 is 12.9. The number of hydrogen-bond acceptors (Lipinski definition) is 7. The van der Waals surface area contributed by atoms with Crippen molar-refractivity contribution in [1.82, 2.24) is 19.6 Å². The summed E-state index contributed by atoms with van der Waals surface area (Å²) in [5.41, 5.74) is 3.45. The Balaban J connectivity index is 1.14. The molecule has 1 aliphatic heterocycles. The number of aromatic nitrogens is 2. The molecule has 1 aliphatic rings. The Morgan fingerprint density at radius 2 is 1.87 bits per heavy atom. The predicted molar refractivity (Wildman–Crippen MR) is 145 cm³/mol. The molecule has 1 saturated heterocycles. The zero-order valence-corrected chi connectivity index (χ0v) is 22.1. The van der Waals surface area contributed by atoms with Crippen LogP contribution < -0.4 is 10.2 Å². The number of carbonyl (C=O) groups excluding carboxylic acids is 1. The lowest BCUT2D eigenvalue weighted by Crippen LogP contribution is -2.48. The van der Waals surface area contributed by atoms with Crippen molar-refractivity contribution >= 4 is 17.5 Å². The molecule has 39 heavy (non-hydrogen) atoms. The molecule has 0 radical (unpaired) electrons. The van der Waals surface area contributed by atoms with E-state index in [0.29, 0.717) is 54.8 Å². The third-order valence-corrected chi connectivity index (χ3v) is 7.14. The summed E-state index contributed by atoms with van der Waals surface area (Å²) in [7, 11) is 1.69. The van der Waals surface area contributed by atoms with Crippen molar-refractivity contribution in [2.45, 2.75) is 13.2 Å². The molecular formula is C29H26ClN5O4. The highest BCUT2D eigenvalue weighted by Crippen LogP contribution is 2.24. The third-order valence-electron chi connectivity index (χ3n) is 6.69. The number of piperazine rings is 1. The summed E-state index contributed by atoms with van der Waals surface area (Å²) in [5.74, 6) is 0.534. The second-order valence-corrected chi connectivity index (χ2v) is 9.62. The van der Waals surface area contributed by atoms with Crippen LogP contribution in [0.4, 0.5) is 0 Å². The summed E-state index contributed by atoms with van der Waals surface area (Å²) >= 11 is 6.16. The van der Waals surface area contributed by atoms with Gasteiger partial charge in [-0.05, 0) is 22.8 Å². The fraction of sp³-hybridized carbons (Fsp3) is 0.241. The van der Waals surface area contributed by atoms with Crippen molar-refractivity contribution in [2.75, 3.05) is 26.2 Å². The number of ether oxygens (including phenoxy) is 1. The standard InChI is InChI=1S/C29H26ClN5O4/c1-33-28(30)25(16-32-33)29(37)35-12-10-34(11-13-35)17-23-14-26(36)27(19-38-23)39-18-20-6-8-21(9-7-20)24-5-3-2-4-22(24)15-31/h2-9,14,16,19H,10-13,17-18H2,1H3. The summed E-state index contributed by atoms with van der Waals surface area (Å²) in [4.78, 5) is 29.3. The number of rotatable bonds is 7. The van der Waals surface area contributed by atoms with Crippen molar-refractivity contribution in [3.8, 4) is 22.9 Å². The van der Waals surface area contributed by atoms with Crippen LogP contribution in [0.15, 0.2) is 76.3 Å². The lowest BCUT2D eigenvalue weighted by molar-refractivity contribution is 0.0619. The summed E-state index contributed by atoms with van der Waals surface area (Å²) in [6.07, 6.45) is 2.83. The predicted octanol–water partition coefficient (Wildman–Crippen LogP) is 4.10. The van der Waals surface area contributed by atoms with E-state index in [1.54, 1.807) is 18.0 Å². The number of aryl methyl sites for hydroxylation is 1. The van der Waals surface area contributed by atoms with Gasteiger partial charge in [-0.3, -0.25) is 19.2 Å². The monoisotopic (exact) mass is 543 g/mol. The van der Waals surface area contributed by atoms with Crippen LogP contribution in [-0.2, 0) is 20.2 Å². The minimum Gasteiger partial charge on any atom is -0.482 e. The van der Waals surface area contributed by atoms with Crippen LogP contribution in [0.2, 0.25) is 5.15 Å². The zero-order valence-electron chi connectivity index (χ0n) is 21.3. The SMILES string of the molecule is Cn1ncc(C(=O)N2CCN(Cc3cc(=O)c(OCc4ccc(-c5ccccc5C#N)cc4)co3)CC2)c1Cl. The Hall–Kier alpha value is -4.39. The Kier molecular flexibility index (Phi) is 7.77. The average Bonchev–Trinajstić information content (AvgIpc) is 3.30. The molecule has 10 heteroatoms. The number of carbonyl (C=O) groups is 1. The zero-order chi connectivity index (χ0) is 27.4. The first-order valence-electron chi connectivity index (χ1n) is 12.4. The highest BCUT2D eigenvalue weighted by Gasteiger charge is 2.25. The number of hydrogen-bond donors (Lipinski definition) is 0. The minimum atomic E-state index is -0.254. The largest absolute Gasteiger partial charge is 0.482 e. The summed E-state index contributed by atoms with van der Waals surface area (Å²) in [6.45, 7) is 3.02. The number of amides is 1. The van der Waals surface area contributed by atoms with Gasteiger partial charge in [0.2, 0.25) is 11.2 Å². The van der Waals surface area contributed by atoms with Gasteiger partial charge in [-0.1, -0.05) is 54.1 Å². The first-order valence-corrected chi connectivity index (χ1v) is 12.8. The van der Waals surface area contributed by atoms with E-state index >= 15 is 0 Å². The van der Waals surface area contributed by atoms with E-state index in [9.17, 15) is 14.9 Å². The first-order chi connectivity index (χ1) is 18.9. The molecule has 0 spiro atoms. The van der Waals surface area contributed by atoms with Crippen molar-refractivity contribution in [2.24, 2.45) is 7.05 Å². The van der Waals surface area contributed by atoms with Gasteiger partial charge in [-0.15, -0.1) is 0 Å². The number of benzene rings is 2. The second-order valence-electron chi connectivity index (χ2n) is 9.26. The molecule has 5 rings (SSSR count). The van der Waals surface area contributed by atoms with E-state index in [-0.39, 0.29) is 23.7 Å². The molecule has 0 aliphatic carbocycles. The maximum absolute atomic E-state index is 12.7. The summed E-state index contributed by atoms with van der Waals surface area (Å²) in [5, 5.41) is 13.7. The Labute approximate surface area is 230 Å². The van der Waals surface area contributed by atoms with Crippen molar-refractivity contribution in [3.05, 3.63) is 105 Å². The van der Waals surface area contributed by atoms with Gasteiger partial charge < -0.3 is 14.1 Å². The van der Waals surface area contributed by atoms with Gasteiger partial charge >= 0.3 is 0 Å². The van der Waals surface area contributed by atoms with Gasteiger partial charge in [0, 0.05) is 39.3 Å². The minimum absolute atomic E-state index is 0.137. The van der Waals surface area contributed by atoms with E-state index in [0.717, 1.165) is 16.7 Å². The van der Waals surface area contributed by atoms with Gasteiger partial charge in [0.1, 0.15) is 23.8 Å². The number of halogens is 1. The molecule has 2 aromatic carbocycles. The van der Waals surface area contributed by atoms with E-state index in [1.807, 2.05) is 42.5 Å². The fourth-order valence-electron chi connectivity index (χ4n) is 4.47. The van der Waals surface area contributed by atoms with Gasteiger partial charge in [0.25, 0.3) is 5.91 Å². The molecule has 0 saturated carbocycles. The molecule has 1 fully saturated rings. The van der Waals surface area contributed by atoms with Gasteiger partial charge in [-0.25, -0.2) is 0 Å². The smallest absolute Gasteiger partial charge is 0.258 e. The van der Waals surface area contributed by atoms with E-state index in [4.69, 9.17) is 20.8 Å². The molecule has 9 nitrogen and oxygen atoms in total. The second kappa shape index (κ2) is 11.6. The fourth-order valence-corrected chi connectivity index (χ4v) is 4.64. The molecular weight excluding hydrogens is 518 g/mol.